The van der Waals surface area contributed by atoms with Gasteiger partial charge >= 0.3 is 38.1 Å². The van der Waals surface area contributed by atoms with Crippen molar-refractivity contribution in [3.63, 3.8) is 0 Å². The van der Waals surface area contributed by atoms with E-state index in [1.54, 1.807) is 0 Å². The Morgan fingerprint density at radius 2 is 1.29 bits per heavy atom. The first kappa shape index (κ1) is 15.4. The molecule has 0 spiro atoms. The van der Waals surface area contributed by atoms with Crippen molar-refractivity contribution in [1.29, 1.82) is 0 Å². The van der Waals surface area contributed by atoms with Crippen LogP contribution in [0.4, 0.5) is 0 Å². The molecule has 1 aromatic rings. The summed E-state index contributed by atoms with van der Waals surface area (Å²) >= 11 is -5.52. The van der Waals surface area contributed by atoms with E-state index in [0.29, 0.717) is 0 Å². The second-order valence-corrected chi connectivity index (χ2v) is 5.17. The molecular weight excluding hydrogens is 356 g/mol. The molecule has 17 heavy (non-hydrogen) atoms. The third kappa shape index (κ3) is 6.54. The van der Waals surface area contributed by atoms with E-state index in [0.717, 1.165) is 12.1 Å². The van der Waals surface area contributed by atoms with Crippen molar-refractivity contribution in [3.8, 4) is 17.2 Å². The molecule has 0 bridgehead atoms. The van der Waals surface area contributed by atoms with Gasteiger partial charge in [-0.1, -0.05) is 0 Å². The summed E-state index contributed by atoms with van der Waals surface area (Å²) in [7, 11) is 0. The number of hydrogen-bond acceptors (Lipinski definition) is 6. The Bertz CT molecular complexity index is 487. The Balaban J connectivity index is 0.000000437. The molecule has 0 aliphatic rings. The Hall–Kier alpha value is -1.60. The Morgan fingerprint density at radius 1 is 1.00 bits per heavy atom. The van der Waals surface area contributed by atoms with Gasteiger partial charge in [0.15, 0.2) is 17.2 Å². The van der Waals surface area contributed by atoms with Gasteiger partial charge < -0.3 is 20.4 Å². The van der Waals surface area contributed by atoms with Crippen LogP contribution in [0.25, 0.3) is 0 Å². The van der Waals surface area contributed by atoms with Crippen LogP contribution in [0, 0.1) is 0 Å². The molecule has 0 amide bonds. The molecule has 0 saturated carbocycles. The quantitative estimate of drug-likeness (QED) is 0.264. The number of aromatic carboxylic acids is 1. The van der Waals surface area contributed by atoms with Crippen LogP contribution in [0.3, 0.4) is 0 Å². The number of carbonyl (C=O) groups is 1. The fraction of sp³-hybridized carbons (Fsp3) is 0. The molecule has 0 fully saturated rings. The Labute approximate surface area is 98.5 Å². The SMILES string of the molecule is O=C(O)c1cc(O)c(O)c(O)c1.O=[Te](=O)(O)O. The zero-order valence-electron chi connectivity index (χ0n) is 7.97. The monoisotopic (exact) mass is 366 g/mol. The fourth-order valence-electron chi connectivity index (χ4n) is 0.728. The van der Waals surface area contributed by atoms with E-state index >= 15 is 0 Å². The molecule has 1 rings (SSSR count). The first-order valence-corrected chi connectivity index (χ1v) is 7.69. The van der Waals surface area contributed by atoms with Crippen molar-refractivity contribution in [2.75, 3.05) is 0 Å². The van der Waals surface area contributed by atoms with E-state index in [1.807, 2.05) is 0 Å². The zero-order chi connectivity index (χ0) is 13.8. The van der Waals surface area contributed by atoms with Gasteiger partial charge in [-0.05, 0) is 12.1 Å². The summed E-state index contributed by atoms with van der Waals surface area (Å²) in [4.78, 5) is 10.3. The normalized spacial score (nSPS) is 10.2. The second-order valence-electron chi connectivity index (χ2n) is 2.62. The molecule has 0 atom stereocenters. The summed E-state index contributed by atoms with van der Waals surface area (Å²) < 4.78 is 32.0. The standard InChI is InChI=1S/C7H6O5.H2O4Te/c8-4-1-3(7(11)12)2-5(9)6(4)10;1-5(2,3)4/h1-2,8-10H,(H,11,12);(H2,1,2,3,4). The minimum absolute atomic E-state index is 0.289. The topological polar surface area (TPSA) is 173 Å². The first-order chi connectivity index (χ1) is 7.52. The van der Waals surface area contributed by atoms with Gasteiger partial charge in [-0.3, -0.25) is 0 Å². The summed E-state index contributed by atoms with van der Waals surface area (Å²) in [6.07, 6.45) is 0. The van der Waals surface area contributed by atoms with E-state index in [9.17, 15) is 4.79 Å². The maximum absolute atomic E-state index is 10.3. The molecule has 1 aromatic carbocycles. The first-order valence-electron chi connectivity index (χ1n) is 3.70. The third-order valence-corrected chi connectivity index (χ3v) is 1.32. The van der Waals surface area contributed by atoms with Crippen LogP contribution in [0.15, 0.2) is 12.1 Å². The third-order valence-electron chi connectivity index (χ3n) is 1.32. The Kier molecular flexibility index (Phi) is 5.11. The van der Waals surface area contributed by atoms with Crippen LogP contribution in [0.1, 0.15) is 10.4 Å². The zero-order valence-corrected chi connectivity index (χ0v) is 10.3. The number of carboxylic acid groups (broad SMARTS) is 1. The number of carboxylic acids is 1. The van der Waals surface area contributed by atoms with Crippen LogP contribution in [0.2, 0.25) is 0 Å². The van der Waals surface area contributed by atoms with E-state index < -0.39 is 42.2 Å². The van der Waals surface area contributed by atoms with Gasteiger partial charge in [0.05, 0.1) is 5.56 Å². The molecule has 10 heteroatoms. The van der Waals surface area contributed by atoms with Gasteiger partial charge in [-0.2, -0.15) is 0 Å². The van der Waals surface area contributed by atoms with Gasteiger partial charge in [0.2, 0.25) is 0 Å². The van der Waals surface area contributed by atoms with Gasteiger partial charge in [0.25, 0.3) is 0 Å². The van der Waals surface area contributed by atoms with Gasteiger partial charge in [-0.15, -0.1) is 0 Å². The number of hydrogen-bond donors (Lipinski definition) is 6. The van der Waals surface area contributed by atoms with Crippen LogP contribution in [0.5, 0.6) is 17.2 Å². The molecule has 0 unspecified atom stereocenters. The van der Waals surface area contributed by atoms with E-state index in [1.165, 1.54) is 0 Å². The summed E-state index contributed by atoms with van der Waals surface area (Å²) in [6.45, 7) is 0. The van der Waals surface area contributed by atoms with Gasteiger partial charge in [-0.25, -0.2) is 4.79 Å². The molecule has 6 N–H and O–H groups in total. The van der Waals surface area contributed by atoms with Crippen molar-refractivity contribution in [1.82, 2.24) is 0 Å². The molecule has 0 aliphatic carbocycles. The van der Waals surface area contributed by atoms with E-state index in [-0.39, 0.29) is 5.56 Å². The molecule has 0 heterocycles. The molecule has 96 valence electrons. The number of benzene rings is 1. The Morgan fingerprint density at radius 3 is 1.53 bits per heavy atom. The molecular formula is C7H8O9Te. The molecule has 0 radical (unpaired) electrons. The maximum atomic E-state index is 10.3. The fourth-order valence-corrected chi connectivity index (χ4v) is 0.728. The average molecular weight is 364 g/mol. The predicted octanol–water partition coefficient (Wildman–Crippen LogP) is -1.23. The molecule has 0 saturated heterocycles. The van der Waals surface area contributed by atoms with Crippen LogP contribution < -0.4 is 0 Å². The molecule has 9 nitrogen and oxygen atoms in total. The van der Waals surface area contributed by atoms with E-state index in [2.05, 4.69) is 0 Å². The van der Waals surface area contributed by atoms with Gasteiger partial charge in [0, 0.05) is 0 Å². The minimum atomic E-state index is -5.52. The van der Waals surface area contributed by atoms with Crippen molar-refractivity contribution >= 4 is 24.9 Å². The number of phenols is 3. The average Bonchev–Trinajstić information content (AvgIpc) is 2.10. The predicted molar refractivity (Wildman–Crippen MR) is 50.0 cm³/mol. The van der Waals surface area contributed by atoms with Gasteiger partial charge in [0.1, 0.15) is 0 Å². The molecule has 0 aromatic heterocycles. The summed E-state index contributed by atoms with van der Waals surface area (Å²) in [5.74, 6) is -3.33. The summed E-state index contributed by atoms with van der Waals surface area (Å²) in [6, 6.07) is 1.69. The van der Waals surface area contributed by atoms with Crippen molar-refractivity contribution in [2.24, 2.45) is 0 Å². The summed E-state index contributed by atoms with van der Waals surface area (Å²) in [5.41, 5.74) is -0.289. The number of rotatable bonds is 1. The number of aromatic hydroxyl groups is 3. The van der Waals surface area contributed by atoms with Crippen molar-refractivity contribution in [3.05, 3.63) is 17.7 Å². The molecule has 0 aliphatic heterocycles. The van der Waals surface area contributed by atoms with Crippen molar-refractivity contribution < 1.29 is 38.4 Å². The van der Waals surface area contributed by atoms with E-state index in [4.69, 9.17) is 33.6 Å². The van der Waals surface area contributed by atoms with Crippen LogP contribution in [-0.4, -0.2) is 52.3 Å². The number of phenolic OH excluding ortho intramolecular Hbond substituents is 3. The summed E-state index contributed by atoms with van der Waals surface area (Å²) in [5, 5.41) is 35.0. The van der Waals surface area contributed by atoms with Crippen LogP contribution >= 0.6 is 0 Å². The van der Waals surface area contributed by atoms with Crippen molar-refractivity contribution in [2.45, 2.75) is 0 Å². The van der Waals surface area contributed by atoms with Crippen LogP contribution in [-0.2, 0) is 6.21 Å². The second kappa shape index (κ2) is 5.65.